The number of nitrogens with zero attached hydrogens (tertiary/aromatic N) is 1. The summed E-state index contributed by atoms with van der Waals surface area (Å²) in [6.07, 6.45) is 0. The van der Waals surface area contributed by atoms with Crippen molar-refractivity contribution in [2.45, 2.75) is 11.8 Å². The zero-order valence-corrected chi connectivity index (χ0v) is 14.0. The van der Waals surface area contributed by atoms with Crippen molar-refractivity contribution in [2.24, 2.45) is 0 Å². The fourth-order valence-electron chi connectivity index (χ4n) is 1.94. The van der Waals surface area contributed by atoms with Gasteiger partial charge in [-0.25, -0.2) is 8.42 Å². The molecule has 2 rings (SSSR count). The maximum Gasteiger partial charge on any atom is 0.264 e. The summed E-state index contributed by atoms with van der Waals surface area (Å²) < 4.78 is 26.5. The number of benzene rings is 2. The van der Waals surface area contributed by atoms with E-state index in [-0.39, 0.29) is 4.90 Å². The first-order chi connectivity index (χ1) is 10.3. The minimum absolute atomic E-state index is 0.0383. The van der Waals surface area contributed by atoms with Gasteiger partial charge in [0, 0.05) is 5.02 Å². The average molecular weight is 358 g/mol. The first kappa shape index (κ1) is 16.8. The van der Waals surface area contributed by atoms with Crippen molar-refractivity contribution < 1.29 is 13.2 Å². The molecule has 2 aromatic carbocycles. The lowest BCUT2D eigenvalue weighted by molar-refractivity contribution is -0.110. The van der Waals surface area contributed by atoms with Crippen LogP contribution in [-0.4, -0.2) is 20.2 Å². The van der Waals surface area contributed by atoms with Crippen LogP contribution < -0.4 is 4.31 Å². The van der Waals surface area contributed by atoms with Gasteiger partial charge in [0.25, 0.3) is 10.0 Å². The summed E-state index contributed by atoms with van der Waals surface area (Å²) in [5.74, 6) is 0. The number of hydrogen-bond donors (Lipinski definition) is 0. The van der Waals surface area contributed by atoms with Crippen LogP contribution in [0.25, 0.3) is 0 Å². The van der Waals surface area contributed by atoms with E-state index in [9.17, 15) is 13.2 Å². The Morgan fingerprint density at radius 2 is 1.77 bits per heavy atom. The molecule has 116 valence electrons. The van der Waals surface area contributed by atoms with Gasteiger partial charge in [-0.15, -0.1) is 0 Å². The second-order valence-corrected chi connectivity index (χ2v) is 7.38. The van der Waals surface area contributed by atoms with Gasteiger partial charge < -0.3 is 0 Å². The molecule has 0 fully saturated rings. The van der Waals surface area contributed by atoms with Crippen LogP contribution in [0.2, 0.25) is 5.02 Å². The molecule has 0 radical (unpaired) electrons. The van der Waals surface area contributed by atoms with Gasteiger partial charge in [0.05, 0.1) is 10.6 Å². The Morgan fingerprint density at radius 1 is 1.14 bits per heavy atom. The molecule has 0 heterocycles. The molecule has 7 heteroatoms. The van der Waals surface area contributed by atoms with Gasteiger partial charge in [0.1, 0.15) is 6.54 Å². The Morgan fingerprint density at radius 3 is 2.32 bits per heavy atom. The summed E-state index contributed by atoms with van der Waals surface area (Å²) in [4.78, 5) is 11.3. The lowest BCUT2D eigenvalue weighted by Gasteiger charge is -2.23. The van der Waals surface area contributed by atoms with Crippen LogP contribution in [0.4, 0.5) is 5.69 Å². The number of halogens is 2. The topological polar surface area (TPSA) is 54.5 Å². The Hall–Kier alpha value is -1.56. The Labute approximate surface area is 139 Å². The molecular weight excluding hydrogens is 345 g/mol. The molecule has 22 heavy (non-hydrogen) atoms. The van der Waals surface area contributed by atoms with Crippen LogP contribution in [0.1, 0.15) is 5.56 Å². The van der Waals surface area contributed by atoms with E-state index in [0.29, 0.717) is 10.7 Å². The van der Waals surface area contributed by atoms with Crippen LogP contribution in [-0.2, 0) is 14.8 Å². The van der Waals surface area contributed by atoms with Gasteiger partial charge in [0.2, 0.25) is 5.24 Å². The number of sulfonamides is 1. The molecule has 0 saturated carbocycles. The minimum atomic E-state index is -3.91. The quantitative estimate of drug-likeness (QED) is 0.768. The molecule has 0 aliphatic heterocycles. The fraction of sp³-hybridized carbons (Fsp3) is 0.133. The van der Waals surface area contributed by atoms with E-state index in [1.54, 1.807) is 18.2 Å². The molecule has 0 bridgehead atoms. The molecule has 0 unspecified atom stereocenters. The van der Waals surface area contributed by atoms with Crippen molar-refractivity contribution in [2.75, 3.05) is 10.8 Å². The largest absolute Gasteiger partial charge is 0.279 e. The zero-order chi connectivity index (χ0) is 16.3. The van der Waals surface area contributed by atoms with E-state index >= 15 is 0 Å². The molecule has 0 amide bonds. The van der Waals surface area contributed by atoms with E-state index in [4.69, 9.17) is 23.2 Å². The van der Waals surface area contributed by atoms with Crippen molar-refractivity contribution in [1.82, 2.24) is 0 Å². The molecule has 0 atom stereocenters. The maximum absolute atomic E-state index is 12.8. The highest BCUT2D eigenvalue weighted by molar-refractivity contribution is 7.92. The summed E-state index contributed by atoms with van der Waals surface area (Å²) in [6.45, 7) is 1.38. The van der Waals surface area contributed by atoms with Gasteiger partial charge in [-0.2, -0.15) is 0 Å². The predicted molar refractivity (Wildman–Crippen MR) is 88.0 cm³/mol. The molecule has 0 saturated heterocycles. The predicted octanol–water partition coefficient (Wildman–Crippen LogP) is 3.61. The van der Waals surface area contributed by atoms with Crippen LogP contribution in [0.3, 0.4) is 0 Å². The van der Waals surface area contributed by atoms with Crippen molar-refractivity contribution in [3.63, 3.8) is 0 Å². The van der Waals surface area contributed by atoms with Crippen LogP contribution >= 0.6 is 23.2 Å². The Kier molecular flexibility index (Phi) is 5.11. The number of hydrogen-bond acceptors (Lipinski definition) is 3. The highest BCUT2D eigenvalue weighted by Gasteiger charge is 2.26. The fourth-order valence-corrected chi connectivity index (χ4v) is 3.67. The second-order valence-electron chi connectivity index (χ2n) is 4.66. The lowest BCUT2D eigenvalue weighted by atomic mass is 10.2. The van der Waals surface area contributed by atoms with Gasteiger partial charge >= 0.3 is 0 Å². The van der Waals surface area contributed by atoms with E-state index in [1.165, 1.54) is 24.3 Å². The first-order valence-electron chi connectivity index (χ1n) is 6.34. The number of rotatable bonds is 5. The van der Waals surface area contributed by atoms with E-state index in [2.05, 4.69) is 0 Å². The van der Waals surface area contributed by atoms with Crippen LogP contribution in [0.15, 0.2) is 53.4 Å². The maximum atomic E-state index is 12.8. The highest BCUT2D eigenvalue weighted by atomic mass is 35.5. The molecular formula is C15H13Cl2NO3S. The Balaban J connectivity index is 2.53. The second kappa shape index (κ2) is 6.69. The molecule has 4 nitrogen and oxygen atoms in total. The third-order valence-corrected chi connectivity index (χ3v) is 5.12. The normalized spacial score (nSPS) is 11.2. The van der Waals surface area contributed by atoms with E-state index < -0.39 is 21.8 Å². The third-order valence-electron chi connectivity index (χ3n) is 2.96. The summed E-state index contributed by atoms with van der Waals surface area (Å²) in [5.41, 5.74) is 1.25. The number of carbonyl (C=O) groups excluding carboxylic acids is 1. The van der Waals surface area contributed by atoms with Gasteiger partial charge in [-0.05, 0) is 60.5 Å². The van der Waals surface area contributed by atoms with Crippen molar-refractivity contribution in [3.8, 4) is 0 Å². The molecule has 0 aromatic heterocycles. The lowest BCUT2D eigenvalue weighted by Crippen LogP contribution is -2.34. The average Bonchev–Trinajstić information content (AvgIpc) is 2.45. The van der Waals surface area contributed by atoms with Gasteiger partial charge in [0.15, 0.2) is 0 Å². The molecule has 0 N–H and O–H groups in total. The van der Waals surface area contributed by atoms with Crippen molar-refractivity contribution in [3.05, 3.63) is 59.1 Å². The molecule has 0 aliphatic rings. The van der Waals surface area contributed by atoms with Crippen molar-refractivity contribution in [1.29, 1.82) is 0 Å². The van der Waals surface area contributed by atoms with Gasteiger partial charge in [-0.1, -0.05) is 23.7 Å². The third kappa shape index (κ3) is 3.80. The van der Waals surface area contributed by atoms with E-state index in [0.717, 1.165) is 9.87 Å². The van der Waals surface area contributed by atoms with E-state index in [1.807, 2.05) is 13.0 Å². The first-order valence-corrected chi connectivity index (χ1v) is 8.53. The number of aryl methyl sites for hydroxylation is 1. The molecule has 0 spiro atoms. The zero-order valence-electron chi connectivity index (χ0n) is 11.7. The van der Waals surface area contributed by atoms with Gasteiger partial charge in [-0.3, -0.25) is 9.10 Å². The summed E-state index contributed by atoms with van der Waals surface area (Å²) in [5, 5.41) is -0.339. The Bertz CT molecular complexity index is 789. The summed E-state index contributed by atoms with van der Waals surface area (Å²) in [6, 6.07) is 12.6. The molecule has 0 aliphatic carbocycles. The minimum Gasteiger partial charge on any atom is -0.279 e. The SMILES string of the molecule is Cc1cccc(N(CC(=O)Cl)S(=O)(=O)c2ccc(Cl)cc2)c1. The number of anilines is 1. The standard InChI is InChI=1S/C15H13Cl2NO3S/c1-11-3-2-4-13(9-11)18(10-15(17)19)22(20,21)14-7-5-12(16)6-8-14/h2-9H,10H2,1H3. The monoisotopic (exact) mass is 357 g/mol. The molecule has 2 aromatic rings. The van der Waals surface area contributed by atoms with Crippen LogP contribution in [0.5, 0.6) is 0 Å². The number of carbonyl (C=O) groups is 1. The summed E-state index contributed by atoms with van der Waals surface area (Å²) in [7, 11) is -3.91. The summed E-state index contributed by atoms with van der Waals surface area (Å²) >= 11 is 11.2. The van der Waals surface area contributed by atoms with Crippen molar-refractivity contribution >= 4 is 44.2 Å². The highest BCUT2D eigenvalue weighted by Crippen LogP contribution is 2.25. The van der Waals surface area contributed by atoms with Crippen LogP contribution in [0, 0.1) is 6.92 Å². The smallest absolute Gasteiger partial charge is 0.264 e.